The van der Waals surface area contributed by atoms with E-state index in [9.17, 15) is 9.59 Å². The molecule has 31 heavy (non-hydrogen) atoms. The van der Waals surface area contributed by atoms with Gasteiger partial charge >= 0.3 is 0 Å². The third-order valence-electron chi connectivity index (χ3n) is 6.50. The van der Waals surface area contributed by atoms with Gasteiger partial charge in [0.05, 0.1) is 24.7 Å². The monoisotopic (exact) mass is 415 g/mol. The van der Waals surface area contributed by atoms with Crippen molar-refractivity contribution >= 4 is 17.6 Å². The second-order valence-corrected chi connectivity index (χ2v) is 8.50. The second-order valence-electron chi connectivity index (χ2n) is 8.50. The van der Waals surface area contributed by atoms with Crippen molar-refractivity contribution < 1.29 is 9.59 Å². The van der Waals surface area contributed by atoms with E-state index in [1.54, 1.807) is 23.5 Å². The minimum Gasteiger partial charge on any atom is -0.338 e. The number of likely N-dealkylation sites (tertiary alicyclic amines) is 1. The van der Waals surface area contributed by atoms with Crippen LogP contribution in [0.1, 0.15) is 40.7 Å². The third-order valence-corrected chi connectivity index (χ3v) is 6.50. The third kappa shape index (κ3) is 3.50. The van der Waals surface area contributed by atoms with Crippen LogP contribution in [0.2, 0.25) is 0 Å². The van der Waals surface area contributed by atoms with Gasteiger partial charge in [0.15, 0.2) is 0 Å². The van der Waals surface area contributed by atoms with Crippen LogP contribution in [-0.2, 0) is 16.9 Å². The predicted octanol–water partition coefficient (Wildman–Crippen LogP) is 3.15. The summed E-state index contributed by atoms with van der Waals surface area (Å²) in [6.07, 6.45) is 7.08. The summed E-state index contributed by atoms with van der Waals surface area (Å²) in [4.78, 5) is 33.9. The van der Waals surface area contributed by atoms with Crippen LogP contribution in [0.15, 0.2) is 61.1 Å². The van der Waals surface area contributed by atoms with Gasteiger partial charge < -0.3 is 4.90 Å². The average molecular weight is 415 g/mol. The highest BCUT2D eigenvalue weighted by Gasteiger charge is 2.46. The first-order valence-electron chi connectivity index (χ1n) is 10.7. The number of aromatic nitrogens is 3. The van der Waals surface area contributed by atoms with Crippen LogP contribution in [0, 0.1) is 6.92 Å². The molecule has 1 aromatic carbocycles. The van der Waals surface area contributed by atoms with Gasteiger partial charge in [-0.15, -0.1) is 0 Å². The van der Waals surface area contributed by atoms with E-state index in [4.69, 9.17) is 0 Å². The lowest BCUT2D eigenvalue weighted by atomic mass is 9.82. The first-order chi connectivity index (χ1) is 15.1. The topological polar surface area (TPSA) is 71.3 Å². The summed E-state index contributed by atoms with van der Waals surface area (Å²) in [5.41, 5.74) is 2.52. The van der Waals surface area contributed by atoms with E-state index in [-0.39, 0.29) is 17.4 Å². The number of carbonyl (C=O) groups excluding carboxylic acids is 2. The largest absolute Gasteiger partial charge is 0.338 e. The van der Waals surface area contributed by atoms with E-state index in [0.29, 0.717) is 44.5 Å². The van der Waals surface area contributed by atoms with Crippen LogP contribution in [0.25, 0.3) is 0 Å². The standard InChI is InChI=1S/C24H25N5O2/c1-18-2-4-20(5-3-18)23(31)27-14-9-24(10-15-27)16-22(30)28(21-8-13-26-29(21)24)17-19-6-11-25-12-7-19/h2-8,11-13H,9-10,14-17H2,1H3. The summed E-state index contributed by atoms with van der Waals surface area (Å²) in [5, 5.41) is 4.60. The fourth-order valence-corrected chi connectivity index (χ4v) is 4.68. The van der Waals surface area contributed by atoms with E-state index in [2.05, 4.69) is 10.1 Å². The summed E-state index contributed by atoms with van der Waals surface area (Å²) in [5.74, 6) is 0.978. The lowest BCUT2D eigenvalue weighted by molar-refractivity contribution is -0.123. The van der Waals surface area contributed by atoms with Crippen molar-refractivity contribution in [3.05, 3.63) is 77.7 Å². The van der Waals surface area contributed by atoms with Crippen molar-refractivity contribution in [1.82, 2.24) is 19.7 Å². The molecule has 0 saturated carbocycles. The van der Waals surface area contributed by atoms with Crippen molar-refractivity contribution in [2.75, 3.05) is 18.0 Å². The van der Waals surface area contributed by atoms with Crippen molar-refractivity contribution in [2.24, 2.45) is 0 Å². The number of amides is 2. The predicted molar refractivity (Wildman–Crippen MR) is 117 cm³/mol. The smallest absolute Gasteiger partial charge is 0.253 e. The second kappa shape index (κ2) is 7.65. The Morgan fingerprint density at radius 2 is 1.71 bits per heavy atom. The maximum Gasteiger partial charge on any atom is 0.253 e. The molecule has 1 fully saturated rings. The first kappa shape index (κ1) is 19.5. The molecule has 0 atom stereocenters. The molecule has 0 bridgehead atoms. The van der Waals surface area contributed by atoms with Gasteiger partial charge in [-0.3, -0.25) is 19.5 Å². The molecule has 7 nitrogen and oxygen atoms in total. The number of fused-ring (bicyclic) bond motifs is 2. The number of rotatable bonds is 3. The zero-order valence-electron chi connectivity index (χ0n) is 17.6. The van der Waals surface area contributed by atoms with E-state index in [1.807, 2.05) is 59.0 Å². The molecular weight excluding hydrogens is 390 g/mol. The fourth-order valence-electron chi connectivity index (χ4n) is 4.68. The zero-order chi connectivity index (χ0) is 21.4. The van der Waals surface area contributed by atoms with Crippen LogP contribution >= 0.6 is 0 Å². The SMILES string of the molecule is Cc1ccc(C(=O)N2CCC3(CC2)CC(=O)N(Cc2ccncc2)c2ccnn23)cc1. The summed E-state index contributed by atoms with van der Waals surface area (Å²) >= 11 is 0. The number of aryl methyl sites for hydroxylation is 1. The van der Waals surface area contributed by atoms with Gasteiger partial charge in [-0.2, -0.15) is 5.10 Å². The summed E-state index contributed by atoms with van der Waals surface area (Å²) < 4.78 is 2.02. The van der Waals surface area contributed by atoms with Crippen LogP contribution in [0.4, 0.5) is 5.82 Å². The lowest BCUT2D eigenvalue weighted by Crippen LogP contribution is -2.54. The van der Waals surface area contributed by atoms with Gasteiger partial charge in [0.25, 0.3) is 5.91 Å². The molecular formula is C24H25N5O2. The average Bonchev–Trinajstić information content (AvgIpc) is 3.29. The van der Waals surface area contributed by atoms with E-state index < -0.39 is 0 Å². The number of piperidine rings is 1. The molecule has 158 valence electrons. The highest BCUT2D eigenvalue weighted by molar-refractivity contribution is 5.95. The molecule has 0 unspecified atom stereocenters. The fraction of sp³-hybridized carbons (Fsp3) is 0.333. The van der Waals surface area contributed by atoms with Gasteiger partial charge in [0.2, 0.25) is 5.91 Å². The number of hydrogen-bond donors (Lipinski definition) is 0. The normalized spacial score (nSPS) is 17.6. The van der Waals surface area contributed by atoms with Crippen molar-refractivity contribution in [2.45, 2.75) is 38.3 Å². The minimum absolute atomic E-state index is 0.0528. The molecule has 0 N–H and O–H groups in total. The first-order valence-corrected chi connectivity index (χ1v) is 10.7. The Morgan fingerprint density at radius 1 is 1.00 bits per heavy atom. The lowest BCUT2D eigenvalue weighted by Gasteiger charge is -2.46. The van der Waals surface area contributed by atoms with Crippen molar-refractivity contribution in [3.8, 4) is 0 Å². The van der Waals surface area contributed by atoms with Crippen LogP contribution in [-0.4, -0.2) is 44.6 Å². The Bertz CT molecular complexity index is 1100. The van der Waals surface area contributed by atoms with Crippen molar-refractivity contribution in [1.29, 1.82) is 0 Å². The molecule has 2 aliphatic rings. The summed E-state index contributed by atoms with van der Waals surface area (Å²) in [6, 6.07) is 13.5. The van der Waals surface area contributed by atoms with Crippen LogP contribution in [0.3, 0.4) is 0 Å². The van der Waals surface area contributed by atoms with Crippen LogP contribution in [0.5, 0.6) is 0 Å². The number of carbonyl (C=O) groups is 2. The van der Waals surface area contributed by atoms with Gasteiger partial charge in [-0.05, 0) is 49.6 Å². The maximum absolute atomic E-state index is 13.2. The molecule has 4 heterocycles. The molecule has 1 spiro atoms. The quantitative estimate of drug-likeness (QED) is 0.659. The number of pyridine rings is 1. The zero-order valence-corrected chi connectivity index (χ0v) is 17.6. The van der Waals surface area contributed by atoms with Gasteiger partial charge in [-0.1, -0.05) is 17.7 Å². The number of nitrogens with zero attached hydrogens (tertiary/aromatic N) is 5. The van der Waals surface area contributed by atoms with Crippen LogP contribution < -0.4 is 4.90 Å². The highest BCUT2D eigenvalue weighted by Crippen LogP contribution is 2.41. The van der Waals surface area contributed by atoms with Crippen molar-refractivity contribution in [3.63, 3.8) is 0 Å². The van der Waals surface area contributed by atoms with E-state index in [0.717, 1.165) is 16.9 Å². The molecule has 3 aromatic rings. The maximum atomic E-state index is 13.2. The number of hydrogen-bond acceptors (Lipinski definition) is 4. The Morgan fingerprint density at radius 3 is 2.42 bits per heavy atom. The highest BCUT2D eigenvalue weighted by atomic mass is 16.2. The summed E-state index contributed by atoms with van der Waals surface area (Å²) in [7, 11) is 0. The Labute approximate surface area is 181 Å². The van der Waals surface area contributed by atoms with E-state index in [1.165, 1.54) is 0 Å². The van der Waals surface area contributed by atoms with Gasteiger partial charge in [0, 0.05) is 37.1 Å². The molecule has 2 aliphatic heterocycles. The molecule has 2 aromatic heterocycles. The Kier molecular flexibility index (Phi) is 4.81. The minimum atomic E-state index is -0.366. The Balaban J connectivity index is 1.35. The molecule has 1 saturated heterocycles. The molecule has 0 radical (unpaired) electrons. The van der Waals surface area contributed by atoms with E-state index >= 15 is 0 Å². The van der Waals surface area contributed by atoms with Gasteiger partial charge in [0.1, 0.15) is 5.82 Å². The molecule has 7 heteroatoms. The number of benzene rings is 1. The molecule has 5 rings (SSSR count). The summed E-state index contributed by atoms with van der Waals surface area (Å²) in [6.45, 7) is 3.74. The number of anilines is 1. The molecule has 0 aliphatic carbocycles. The molecule has 2 amide bonds. The Hall–Kier alpha value is -3.48. The van der Waals surface area contributed by atoms with Gasteiger partial charge in [-0.25, -0.2) is 4.68 Å².